The van der Waals surface area contributed by atoms with Gasteiger partial charge in [-0.2, -0.15) is 0 Å². The van der Waals surface area contributed by atoms with Crippen LogP contribution in [-0.4, -0.2) is 25.2 Å². The number of hydrogen-bond donors (Lipinski definition) is 0. The van der Waals surface area contributed by atoms with E-state index >= 15 is 0 Å². The predicted octanol–water partition coefficient (Wildman–Crippen LogP) is 5.12. The molecule has 0 heterocycles. The minimum Gasteiger partial charge on any atom is -0.430 e. The summed E-state index contributed by atoms with van der Waals surface area (Å²) in [4.78, 5) is 0. The Kier molecular flexibility index (Phi) is 6.20. The molecule has 142 valence electrons. The Balaban J connectivity index is 2.73. The molecular formula is C21H34O2Si3. The van der Waals surface area contributed by atoms with Crippen molar-refractivity contribution in [2.45, 2.75) is 58.5 Å². The molecule has 0 amide bonds. The van der Waals surface area contributed by atoms with Crippen LogP contribution in [0.15, 0.2) is 60.7 Å². The average Bonchev–Trinajstić information content (AvgIpc) is 2.53. The van der Waals surface area contributed by atoms with Crippen LogP contribution in [0.25, 0.3) is 0 Å². The van der Waals surface area contributed by atoms with Crippen molar-refractivity contribution in [2.75, 3.05) is 0 Å². The largest absolute Gasteiger partial charge is 0.430 e. The molecule has 2 aromatic rings. The Bertz CT molecular complexity index is 662. The van der Waals surface area contributed by atoms with E-state index in [-0.39, 0.29) is 5.04 Å². The van der Waals surface area contributed by atoms with Gasteiger partial charge in [0, 0.05) is 0 Å². The van der Waals surface area contributed by atoms with Crippen LogP contribution >= 0.6 is 0 Å². The minimum atomic E-state index is -2.80. The summed E-state index contributed by atoms with van der Waals surface area (Å²) < 4.78 is 14.2. The lowest BCUT2D eigenvalue weighted by Gasteiger charge is -2.46. The van der Waals surface area contributed by atoms with E-state index in [2.05, 4.69) is 114 Å². The molecule has 2 nitrogen and oxygen atoms in total. The molecule has 0 aromatic heterocycles. The van der Waals surface area contributed by atoms with Crippen LogP contribution < -0.4 is 10.4 Å². The summed E-state index contributed by atoms with van der Waals surface area (Å²) in [7, 11) is -6.71. The first kappa shape index (κ1) is 21.3. The van der Waals surface area contributed by atoms with Gasteiger partial charge < -0.3 is 8.23 Å². The van der Waals surface area contributed by atoms with Gasteiger partial charge in [-0.1, -0.05) is 81.4 Å². The van der Waals surface area contributed by atoms with Crippen molar-refractivity contribution in [3.8, 4) is 0 Å². The third-order valence-electron chi connectivity index (χ3n) is 4.96. The van der Waals surface area contributed by atoms with Crippen molar-refractivity contribution in [3.05, 3.63) is 60.7 Å². The molecule has 5 heteroatoms. The molecule has 0 saturated heterocycles. The van der Waals surface area contributed by atoms with Crippen molar-refractivity contribution >= 4 is 35.6 Å². The van der Waals surface area contributed by atoms with Crippen LogP contribution in [0.3, 0.4) is 0 Å². The maximum atomic E-state index is 7.23. The van der Waals surface area contributed by atoms with Crippen LogP contribution in [0, 0.1) is 0 Å². The maximum absolute atomic E-state index is 7.23. The summed E-state index contributed by atoms with van der Waals surface area (Å²) in [6.07, 6.45) is 0. The second kappa shape index (κ2) is 7.56. The monoisotopic (exact) mass is 402 g/mol. The first-order chi connectivity index (χ1) is 11.9. The van der Waals surface area contributed by atoms with E-state index in [0.717, 1.165) is 0 Å². The highest BCUT2D eigenvalue weighted by Crippen LogP contribution is 2.39. The highest BCUT2D eigenvalue weighted by Gasteiger charge is 2.52. The molecule has 0 atom stereocenters. The van der Waals surface area contributed by atoms with Crippen molar-refractivity contribution in [2.24, 2.45) is 0 Å². The van der Waals surface area contributed by atoms with E-state index in [1.165, 1.54) is 10.4 Å². The number of rotatable bonds is 6. The number of hydrogen-bond acceptors (Lipinski definition) is 2. The van der Waals surface area contributed by atoms with E-state index in [1.54, 1.807) is 0 Å². The zero-order chi connectivity index (χ0) is 19.6. The molecule has 0 radical (unpaired) electrons. The first-order valence-corrected chi connectivity index (χ1v) is 17.5. The Hall–Kier alpha value is -0.989. The molecular weight excluding hydrogens is 368 g/mol. The van der Waals surface area contributed by atoms with Crippen LogP contribution in [0.2, 0.25) is 37.8 Å². The smallest absolute Gasteiger partial charge is 0.386 e. The molecule has 0 unspecified atom stereocenters. The Morgan fingerprint density at radius 2 is 1.00 bits per heavy atom. The van der Waals surface area contributed by atoms with Gasteiger partial charge in [-0.05, 0) is 48.1 Å². The molecule has 2 aromatic carbocycles. The highest BCUT2D eigenvalue weighted by molar-refractivity contribution is 7.02. The van der Waals surface area contributed by atoms with Crippen molar-refractivity contribution in [1.29, 1.82) is 0 Å². The predicted molar refractivity (Wildman–Crippen MR) is 121 cm³/mol. The molecule has 2 rings (SSSR count). The van der Waals surface area contributed by atoms with E-state index in [0.29, 0.717) is 0 Å². The van der Waals surface area contributed by atoms with Crippen LogP contribution in [-0.2, 0) is 8.23 Å². The van der Waals surface area contributed by atoms with Crippen molar-refractivity contribution in [3.63, 3.8) is 0 Å². The highest BCUT2D eigenvalue weighted by atomic mass is 28.5. The summed E-state index contributed by atoms with van der Waals surface area (Å²) in [5.74, 6) is 0. The van der Waals surface area contributed by atoms with Crippen molar-refractivity contribution < 1.29 is 8.23 Å². The molecule has 26 heavy (non-hydrogen) atoms. The SMILES string of the molecule is CC(C)(C)[Si](C)(C)O[Si](O[Si](C)(C)C)(c1ccccc1)c1ccccc1. The molecule has 0 N–H and O–H groups in total. The fourth-order valence-electron chi connectivity index (χ4n) is 2.68. The molecule has 0 bridgehead atoms. The molecule has 0 spiro atoms. The molecule has 0 fully saturated rings. The lowest BCUT2D eigenvalue weighted by atomic mass is 10.2. The Morgan fingerprint density at radius 3 is 1.31 bits per heavy atom. The Morgan fingerprint density at radius 1 is 0.615 bits per heavy atom. The van der Waals surface area contributed by atoms with Gasteiger partial charge in [-0.15, -0.1) is 0 Å². The quantitative estimate of drug-likeness (QED) is 0.625. The van der Waals surface area contributed by atoms with E-state index in [4.69, 9.17) is 8.23 Å². The molecule has 0 aliphatic carbocycles. The number of benzene rings is 2. The summed E-state index contributed by atoms with van der Waals surface area (Å²) in [6, 6.07) is 21.3. The third-order valence-corrected chi connectivity index (χ3v) is 17.6. The zero-order valence-corrected chi connectivity index (χ0v) is 20.6. The average molecular weight is 403 g/mol. The fourth-order valence-corrected chi connectivity index (χ4v) is 14.3. The second-order valence-electron chi connectivity index (χ2n) is 9.43. The second-order valence-corrected chi connectivity index (χ2v) is 22.2. The van der Waals surface area contributed by atoms with Gasteiger partial charge in [0.15, 0.2) is 16.6 Å². The van der Waals surface area contributed by atoms with E-state index in [9.17, 15) is 0 Å². The van der Waals surface area contributed by atoms with Gasteiger partial charge in [0.2, 0.25) is 0 Å². The molecule has 0 aliphatic heterocycles. The van der Waals surface area contributed by atoms with Crippen LogP contribution in [0.1, 0.15) is 20.8 Å². The van der Waals surface area contributed by atoms with E-state index in [1.807, 2.05) is 0 Å². The van der Waals surface area contributed by atoms with Gasteiger partial charge in [-0.25, -0.2) is 0 Å². The van der Waals surface area contributed by atoms with Gasteiger partial charge in [-0.3, -0.25) is 0 Å². The van der Waals surface area contributed by atoms with Gasteiger partial charge in [0.25, 0.3) is 0 Å². The molecule has 0 saturated carbocycles. The lowest BCUT2D eigenvalue weighted by molar-refractivity contribution is 0.391. The van der Waals surface area contributed by atoms with Gasteiger partial charge >= 0.3 is 8.56 Å². The summed E-state index contributed by atoms with van der Waals surface area (Å²) in [5.41, 5.74) is 0. The van der Waals surface area contributed by atoms with Crippen LogP contribution in [0.5, 0.6) is 0 Å². The normalized spacial score (nSPS) is 13.7. The first-order valence-electron chi connectivity index (χ1n) is 9.39. The summed E-state index contributed by atoms with van der Waals surface area (Å²) >= 11 is 0. The summed E-state index contributed by atoms with van der Waals surface area (Å²) in [6.45, 7) is 18.3. The standard InChI is InChI=1S/C21H34O2Si3/c1-21(2,3)25(7,8)23-26(22-24(4,5)6,19-15-11-9-12-16-19)20-17-13-10-14-18-20/h9-18H,1-8H3. The van der Waals surface area contributed by atoms with E-state index < -0.39 is 25.2 Å². The minimum absolute atomic E-state index is 0.123. The third kappa shape index (κ3) is 4.84. The Labute approximate surface area is 163 Å². The summed E-state index contributed by atoms with van der Waals surface area (Å²) in [5, 5.41) is 2.54. The maximum Gasteiger partial charge on any atom is 0.386 e. The van der Waals surface area contributed by atoms with Gasteiger partial charge in [0.1, 0.15) is 0 Å². The van der Waals surface area contributed by atoms with Crippen molar-refractivity contribution in [1.82, 2.24) is 0 Å². The topological polar surface area (TPSA) is 18.5 Å². The fraction of sp³-hybridized carbons (Fsp3) is 0.429. The van der Waals surface area contributed by atoms with Gasteiger partial charge in [0.05, 0.1) is 0 Å². The zero-order valence-electron chi connectivity index (χ0n) is 17.6. The lowest BCUT2D eigenvalue weighted by Crippen LogP contribution is -2.71. The molecule has 0 aliphatic rings. The van der Waals surface area contributed by atoms with Crippen LogP contribution in [0.4, 0.5) is 0 Å².